The highest BCUT2D eigenvalue weighted by Gasteiger charge is 2.51. The topological polar surface area (TPSA) is 49.0 Å². The summed E-state index contributed by atoms with van der Waals surface area (Å²) >= 11 is 0. The van der Waals surface area contributed by atoms with E-state index in [4.69, 9.17) is 18.9 Å². The van der Waals surface area contributed by atoms with Gasteiger partial charge in [-0.25, -0.2) is 0 Å². The van der Waals surface area contributed by atoms with Gasteiger partial charge in [0.15, 0.2) is 0 Å². The van der Waals surface area contributed by atoms with Crippen LogP contribution in [0.25, 0.3) is 11.1 Å². The molecule has 0 fully saturated rings. The van der Waals surface area contributed by atoms with E-state index in [-0.39, 0.29) is 0 Å². The van der Waals surface area contributed by atoms with E-state index >= 15 is 0 Å². The van der Waals surface area contributed by atoms with Gasteiger partial charge in [0.2, 0.25) is 0 Å². The van der Waals surface area contributed by atoms with Gasteiger partial charge in [0, 0.05) is 0 Å². The lowest BCUT2D eigenvalue weighted by atomic mass is 9.71. The van der Waals surface area contributed by atoms with Gasteiger partial charge in [0.05, 0.1) is 39.5 Å². The fourth-order valence-electron chi connectivity index (χ4n) is 7.11. The van der Waals surface area contributed by atoms with Crippen LogP contribution in [0.5, 0.6) is 23.0 Å². The normalized spacial score (nSPS) is 14.2. The van der Waals surface area contributed by atoms with Gasteiger partial charge in [-0.05, 0) is 93.0 Å². The van der Waals surface area contributed by atoms with Crippen LogP contribution in [0.15, 0.2) is 146 Å². The first-order valence-corrected chi connectivity index (χ1v) is 15.6. The maximum Gasteiger partial charge on any atom is 0.118 e. The summed E-state index contributed by atoms with van der Waals surface area (Å²) in [5.74, 6) is 3.17. The molecule has 7 rings (SSSR count). The Morgan fingerprint density at radius 3 is 0.851 bits per heavy atom. The van der Waals surface area contributed by atoms with Crippen LogP contribution in [0, 0.1) is 0 Å². The van der Waals surface area contributed by atoms with Gasteiger partial charge in [-0.3, -0.25) is 5.32 Å². The molecular weight excluding hydrogens is 582 g/mol. The number of ether oxygens (including phenoxy) is 4. The first-order valence-electron chi connectivity index (χ1n) is 15.6. The Balaban J connectivity index is 1.66. The van der Waals surface area contributed by atoms with Gasteiger partial charge < -0.3 is 18.9 Å². The zero-order chi connectivity index (χ0) is 32.4. The largest absolute Gasteiger partial charge is 0.497 e. The van der Waals surface area contributed by atoms with Crippen LogP contribution >= 0.6 is 0 Å². The summed E-state index contributed by atoms with van der Waals surface area (Å²) in [6.45, 7) is 0. The van der Waals surface area contributed by atoms with Crippen molar-refractivity contribution in [1.29, 1.82) is 0 Å². The predicted octanol–water partition coefficient (Wildman–Crippen LogP) is 8.58. The van der Waals surface area contributed by atoms with Crippen LogP contribution in [-0.4, -0.2) is 28.4 Å². The number of hydrogen-bond donors (Lipinski definition) is 1. The molecule has 1 N–H and O–H groups in total. The lowest BCUT2D eigenvalue weighted by molar-refractivity contribution is 0.357. The Kier molecular flexibility index (Phi) is 7.92. The molecule has 0 saturated carbocycles. The number of nitrogens with one attached hydrogen (secondary N) is 1. The molecule has 0 amide bonds. The molecule has 0 aliphatic carbocycles. The monoisotopic (exact) mass is 619 g/mol. The highest BCUT2D eigenvalue weighted by Crippen LogP contribution is 2.53. The summed E-state index contributed by atoms with van der Waals surface area (Å²) in [5, 5.41) is 4.41. The first kappa shape index (κ1) is 30.2. The van der Waals surface area contributed by atoms with Crippen LogP contribution < -0.4 is 24.3 Å². The van der Waals surface area contributed by atoms with Gasteiger partial charge in [-0.15, -0.1) is 0 Å². The molecule has 5 heteroatoms. The second-order valence-electron chi connectivity index (χ2n) is 11.6. The molecule has 0 saturated heterocycles. The minimum Gasteiger partial charge on any atom is -0.497 e. The van der Waals surface area contributed by atoms with E-state index in [0.29, 0.717) is 0 Å². The molecule has 0 aromatic heterocycles. The van der Waals surface area contributed by atoms with Crippen LogP contribution in [0.3, 0.4) is 0 Å². The summed E-state index contributed by atoms with van der Waals surface area (Å²) < 4.78 is 22.5. The van der Waals surface area contributed by atoms with Crippen molar-refractivity contribution in [3.8, 4) is 34.1 Å². The number of hydrogen-bond acceptors (Lipinski definition) is 5. The maximum absolute atomic E-state index is 5.63. The molecule has 47 heavy (non-hydrogen) atoms. The highest BCUT2D eigenvalue weighted by atomic mass is 16.5. The molecule has 1 aliphatic rings. The summed E-state index contributed by atoms with van der Waals surface area (Å²) in [6.07, 6.45) is 0. The molecule has 6 aromatic carbocycles. The average molecular weight is 620 g/mol. The van der Waals surface area contributed by atoms with Crippen molar-refractivity contribution in [2.24, 2.45) is 0 Å². The van der Waals surface area contributed by atoms with Crippen LogP contribution in [0.1, 0.15) is 33.4 Å². The van der Waals surface area contributed by atoms with Crippen molar-refractivity contribution in [3.63, 3.8) is 0 Å². The molecule has 1 heterocycles. The van der Waals surface area contributed by atoms with Crippen molar-refractivity contribution in [2.45, 2.75) is 11.1 Å². The summed E-state index contributed by atoms with van der Waals surface area (Å²) in [5.41, 5.74) is 7.10. The molecule has 1 aliphatic heterocycles. The van der Waals surface area contributed by atoms with Crippen molar-refractivity contribution in [2.75, 3.05) is 28.4 Å². The van der Waals surface area contributed by atoms with E-state index in [9.17, 15) is 0 Å². The van der Waals surface area contributed by atoms with Gasteiger partial charge in [0.1, 0.15) is 23.0 Å². The summed E-state index contributed by atoms with van der Waals surface area (Å²) in [4.78, 5) is 0. The average Bonchev–Trinajstić information content (AvgIpc) is 3.27. The molecular formula is C42H37NO4. The number of benzene rings is 6. The molecule has 0 atom stereocenters. The summed E-state index contributed by atoms with van der Waals surface area (Å²) in [6, 6.07) is 51.0. The summed E-state index contributed by atoms with van der Waals surface area (Å²) in [7, 11) is 6.79. The van der Waals surface area contributed by atoms with E-state index in [1.54, 1.807) is 28.4 Å². The van der Waals surface area contributed by atoms with Crippen molar-refractivity contribution >= 4 is 0 Å². The Morgan fingerprint density at radius 1 is 0.340 bits per heavy atom. The Bertz CT molecular complexity index is 1740. The molecule has 0 unspecified atom stereocenters. The zero-order valence-electron chi connectivity index (χ0n) is 27.0. The van der Waals surface area contributed by atoms with Crippen molar-refractivity contribution in [1.82, 2.24) is 5.32 Å². The predicted molar refractivity (Wildman–Crippen MR) is 187 cm³/mol. The van der Waals surface area contributed by atoms with E-state index in [1.165, 1.54) is 0 Å². The minimum atomic E-state index is -0.853. The standard InChI is InChI=1S/C42H37NO4/c1-44-33-21-13-29(14-22-33)41(30-15-23-34(45-2)24-16-30)39-11-7-5-9-37(39)38-10-6-8-12-40(38)42(43-41,31-17-25-35(46-3)26-18-31)32-19-27-36(47-4)28-20-32/h5-28,43H,1-4H3. The minimum absolute atomic E-state index is 0.792. The second-order valence-corrected chi connectivity index (χ2v) is 11.6. The smallest absolute Gasteiger partial charge is 0.118 e. The van der Waals surface area contributed by atoms with E-state index in [0.717, 1.165) is 67.5 Å². The SMILES string of the molecule is COc1ccc(C2(c3ccc(OC)cc3)NC(c3ccc(OC)cc3)(c3ccc(OC)cc3)c3ccccc3-c3ccccc32)cc1. The number of fused-ring (bicyclic) bond motifs is 3. The molecule has 0 radical (unpaired) electrons. The van der Waals surface area contributed by atoms with Gasteiger partial charge >= 0.3 is 0 Å². The van der Waals surface area contributed by atoms with Gasteiger partial charge in [-0.2, -0.15) is 0 Å². The number of rotatable bonds is 8. The highest BCUT2D eigenvalue weighted by molar-refractivity contribution is 5.79. The second kappa shape index (κ2) is 12.3. The molecule has 5 nitrogen and oxygen atoms in total. The van der Waals surface area contributed by atoms with Crippen LogP contribution in [-0.2, 0) is 11.1 Å². The molecule has 6 aromatic rings. The Labute approximate surface area is 276 Å². The third kappa shape index (κ3) is 4.91. The van der Waals surface area contributed by atoms with Crippen molar-refractivity contribution < 1.29 is 18.9 Å². The Hall–Kier alpha value is -5.52. The van der Waals surface area contributed by atoms with E-state index in [1.807, 2.05) is 48.5 Å². The van der Waals surface area contributed by atoms with Gasteiger partial charge in [-0.1, -0.05) is 97.1 Å². The van der Waals surface area contributed by atoms with Crippen LogP contribution in [0.2, 0.25) is 0 Å². The zero-order valence-corrected chi connectivity index (χ0v) is 27.0. The van der Waals surface area contributed by atoms with E-state index in [2.05, 4.69) is 102 Å². The van der Waals surface area contributed by atoms with Gasteiger partial charge in [0.25, 0.3) is 0 Å². The molecule has 234 valence electrons. The van der Waals surface area contributed by atoms with Crippen molar-refractivity contribution in [3.05, 3.63) is 179 Å². The molecule has 0 spiro atoms. The lowest BCUT2D eigenvalue weighted by Gasteiger charge is -2.46. The van der Waals surface area contributed by atoms with Crippen LogP contribution in [0.4, 0.5) is 0 Å². The third-order valence-corrected chi connectivity index (χ3v) is 9.42. The maximum atomic E-state index is 5.63. The third-order valence-electron chi connectivity index (χ3n) is 9.42. The molecule has 0 bridgehead atoms. The Morgan fingerprint density at radius 2 is 0.596 bits per heavy atom. The quantitative estimate of drug-likeness (QED) is 0.185. The first-order chi connectivity index (χ1) is 23.1. The lowest BCUT2D eigenvalue weighted by Crippen LogP contribution is -2.56. The fourth-order valence-corrected chi connectivity index (χ4v) is 7.11. The fraction of sp³-hybridized carbons (Fsp3) is 0.143. The number of methoxy groups -OCH3 is 4. The van der Waals surface area contributed by atoms with E-state index < -0.39 is 11.1 Å².